The number of terminal acetylenes is 1. The zero-order valence-electron chi connectivity index (χ0n) is 11.3. The maximum Gasteiger partial charge on any atom is 0.411 e. The minimum atomic E-state index is -4.27. The number of amides is 1. The second kappa shape index (κ2) is 5.32. The van der Waals surface area contributed by atoms with Crippen molar-refractivity contribution in [2.45, 2.75) is 51.4 Å². The number of hydrogen-bond acceptors (Lipinski definition) is 2. The molecule has 0 radical (unpaired) electrons. The molecule has 1 heterocycles. The van der Waals surface area contributed by atoms with Crippen LogP contribution >= 0.6 is 0 Å². The first-order valence-corrected chi connectivity index (χ1v) is 6.07. The Morgan fingerprint density at radius 2 is 1.95 bits per heavy atom. The summed E-state index contributed by atoms with van der Waals surface area (Å²) in [5.41, 5.74) is -0.697. The molecule has 0 aromatic rings. The molecule has 19 heavy (non-hydrogen) atoms. The van der Waals surface area contributed by atoms with Gasteiger partial charge >= 0.3 is 12.3 Å². The first-order chi connectivity index (χ1) is 8.54. The van der Waals surface area contributed by atoms with Gasteiger partial charge in [0, 0.05) is 6.54 Å². The predicted octanol–water partition coefficient (Wildman–Crippen LogP) is 3.20. The van der Waals surface area contributed by atoms with Crippen LogP contribution in [0.5, 0.6) is 0 Å². The van der Waals surface area contributed by atoms with E-state index in [1.54, 1.807) is 20.8 Å². The molecule has 0 unspecified atom stereocenters. The molecule has 1 aliphatic rings. The normalized spacial score (nSPS) is 24.8. The highest BCUT2D eigenvalue weighted by molar-refractivity contribution is 5.69. The zero-order chi connectivity index (χ0) is 14.8. The van der Waals surface area contributed by atoms with Crippen LogP contribution in [0.25, 0.3) is 0 Å². The first-order valence-electron chi connectivity index (χ1n) is 6.07. The van der Waals surface area contributed by atoms with Gasteiger partial charge in [-0.2, -0.15) is 13.2 Å². The average molecular weight is 277 g/mol. The molecule has 1 amide bonds. The molecular formula is C13H18F3NO2. The van der Waals surface area contributed by atoms with Crippen molar-refractivity contribution in [3.05, 3.63) is 0 Å². The highest BCUT2D eigenvalue weighted by atomic mass is 19.4. The molecule has 3 nitrogen and oxygen atoms in total. The van der Waals surface area contributed by atoms with E-state index in [-0.39, 0.29) is 19.4 Å². The van der Waals surface area contributed by atoms with Crippen LogP contribution in [-0.4, -0.2) is 35.4 Å². The molecule has 0 bridgehead atoms. The molecule has 0 N–H and O–H groups in total. The van der Waals surface area contributed by atoms with Gasteiger partial charge in [-0.3, -0.25) is 4.90 Å². The molecule has 1 saturated heterocycles. The van der Waals surface area contributed by atoms with E-state index < -0.39 is 29.8 Å². The van der Waals surface area contributed by atoms with E-state index in [0.717, 1.165) is 0 Å². The van der Waals surface area contributed by atoms with Gasteiger partial charge in [0.15, 0.2) is 0 Å². The van der Waals surface area contributed by atoms with Gasteiger partial charge in [-0.05, 0) is 33.6 Å². The fraction of sp³-hybridized carbons (Fsp3) is 0.769. The van der Waals surface area contributed by atoms with E-state index >= 15 is 0 Å². The van der Waals surface area contributed by atoms with Gasteiger partial charge in [-0.15, -0.1) is 6.42 Å². The minimum absolute atomic E-state index is 0.0338. The number of hydrogen-bond donors (Lipinski definition) is 0. The highest BCUT2D eigenvalue weighted by Gasteiger charge is 2.45. The molecule has 6 heteroatoms. The Morgan fingerprint density at radius 1 is 1.37 bits per heavy atom. The molecule has 1 fully saturated rings. The van der Waals surface area contributed by atoms with E-state index in [1.807, 2.05) is 0 Å². The summed E-state index contributed by atoms with van der Waals surface area (Å²) < 4.78 is 43.1. The smallest absolute Gasteiger partial charge is 0.411 e. The summed E-state index contributed by atoms with van der Waals surface area (Å²) in [5, 5.41) is 0. The molecular weight excluding hydrogens is 259 g/mol. The van der Waals surface area contributed by atoms with E-state index in [0.29, 0.717) is 0 Å². The number of likely N-dealkylation sites (tertiary alicyclic amines) is 1. The summed E-state index contributed by atoms with van der Waals surface area (Å²) in [6.07, 6.45) is -0.0938. The molecule has 0 saturated carbocycles. The van der Waals surface area contributed by atoms with Gasteiger partial charge in [0.2, 0.25) is 0 Å². The number of alkyl halides is 3. The van der Waals surface area contributed by atoms with Crippen molar-refractivity contribution < 1.29 is 22.7 Å². The number of ether oxygens (including phenoxy) is 1. The Morgan fingerprint density at radius 3 is 2.37 bits per heavy atom. The molecule has 0 spiro atoms. The van der Waals surface area contributed by atoms with Crippen LogP contribution < -0.4 is 0 Å². The van der Waals surface area contributed by atoms with Gasteiger partial charge in [0.1, 0.15) is 5.60 Å². The summed E-state index contributed by atoms with van der Waals surface area (Å²) in [7, 11) is 0. The number of halogens is 3. The van der Waals surface area contributed by atoms with Crippen LogP contribution in [0.3, 0.4) is 0 Å². The topological polar surface area (TPSA) is 29.5 Å². The molecule has 0 aromatic carbocycles. The second-order valence-corrected chi connectivity index (χ2v) is 5.62. The maximum absolute atomic E-state index is 12.6. The molecule has 1 aliphatic heterocycles. The van der Waals surface area contributed by atoms with Gasteiger partial charge < -0.3 is 4.74 Å². The average Bonchev–Trinajstić information content (AvgIpc) is 2.24. The lowest BCUT2D eigenvalue weighted by molar-refractivity contribution is -0.186. The van der Waals surface area contributed by atoms with Crippen molar-refractivity contribution in [3.8, 4) is 12.3 Å². The number of piperidine rings is 1. The fourth-order valence-corrected chi connectivity index (χ4v) is 1.96. The van der Waals surface area contributed by atoms with Gasteiger partial charge in [-0.1, -0.05) is 5.92 Å². The summed E-state index contributed by atoms with van der Waals surface area (Å²) in [5.74, 6) is 0.796. The minimum Gasteiger partial charge on any atom is -0.444 e. The van der Waals surface area contributed by atoms with E-state index in [9.17, 15) is 18.0 Å². The summed E-state index contributed by atoms with van der Waals surface area (Å²) in [4.78, 5) is 13.1. The van der Waals surface area contributed by atoms with Crippen LogP contribution in [0.15, 0.2) is 0 Å². The molecule has 2 atom stereocenters. The maximum atomic E-state index is 12.6. The zero-order valence-corrected chi connectivity index (χ0v) is 11.3. The van der Waals surface area contributed by atoms with Crippen molar-refractivity contribution in [3.63, 3.8) is 0 Å². The quantitative estimate of drug-likeness (QED) is 0.636. The van der Waals surface area contributed by atoms with Gasteiger partial charge in [0.25, 0.3) is 0 Å². The second-order valence-electron chi connectivity index (χ2n) is 5.62. The van der Waals surface area contributed by atoms with Crippen molar-refractivity contribution in [1.82, 2.24) is 4.90 Å². The molecule has 108 valence electrons. The number of carbonyl (C=O) groups excluding carboxylic acids is 1. The lowest BCUT2D eigenvalue weighted by atomic mass is 9.91. The Hall–Kier alpha value is -1.38. The Kier molecular flexibility index (Phi) is 4.39. The van der Waals surface area contributed by atoms with Crippen LogP contribution in [0.4, 0.5) is 18.0 Å². The predicted molar refractivity (Wildman–Crippen MR) is 64.3 cm³/mol. The van der Waals surface area contributed by atoms with Crippen LogP contribution in [-0.2, 0) is 4.74 Å². The summed E-state index contributed by atoms with van der Waals surface area (Å²) in [6, 6.07) is -0.866. The molecule has 0 aliphatic carbocycles. The number of carbonyl (C=O) groups is 1. The Bertz CT molecular complexity index is 379. The first kappa shape index (κ1) is 15.7. The lowest BCUT2D eigenvalue weighted by Crippen LogP contribution is -2.49. The van der Waals surface area contributed by atoms with Crippen molar-refractivity contribution in [2.24, 2.45) is 5.92 Å². The SMILES string of the molecule is C#C[C@@H]1C[C@H](C(F)(F)F)CCN1C(=O)OC(C)(C)C. The van der Waals surface area contributed by atoms with Crippen LogP contribution in [0.2, 0.25) is 0 Å². The molecule has 1 rings (SSSR count). The molecule has 0 aromatic heterocycles. The number of rotatable bonds is 0. The van der Waals surface area contributed by atoms with Gasteiger partial charge in [0.05, 0.1) is 12.0 Å². The Balaban J connectivity index is 2.73. The Labute approximate surface area is 111 Å². The third-order valence-electron chi connectivity index (χ3n) is 2.89. The summed E-state index contributed by atoms with van der Waals surface area (Å²) in [6.45, 7) is 5.04. The standard InChI is InChI=1S/C13H18F3NO2/c1-5-10-8-9(13(14,15)16)6-7-17(10)11(18)19-12(2,3)4/h1,9-10H,6-8H2,2-4H3/t9-,10-/m1/s1. The largest absolute Gasteiger partial charge is 0.444 e. The third-order valence-corrected chi connectivity index (χ3v) is 2.89. The lowest BCUT2D eigenvalue weighted by Gasteiger charge is -2.38. The van der Waals surface area contributed by atoms with E-state index in [4.69, 9.17) is 11.2 Å². The van der Waals surface area contributed by atoms with E-state index in [1.165, 1.54) is 4.90 Å². The van der Waals surface area contributed by atoms with Crippen molar-refractivity contribution in [2.75, 3.05) is 6.54 Å². The van der Waals surface area contributed by atoms with Gasteiger partial charge in [-0.25, -0.2) is 4.79 Å². The fourth-order valence-electron chi connectivity index (χ4n) is 1.96. The summed E-state index contributed by atoms with van der Waals surface area (Å²) >= 11 is 0. The van der Waals surface area contributed by atoms with E-state index in [2.05, 4.69) is 5.92 Å². The van der Waals surface area contributed by atoms with Crippen molar-refractivity contribution >= 4 is 6.09 Å². The van der Waals surface area contributed by atoms with Crippen LogP contribution in [0, 0.1) is 18.3 Å². The number of nitrogens with zero attached hydrogens (tertiary/aromatic N) is 1. The third kappa shape index (κ3) is 4.34. The van der Waals surface area contributed by atoms with Crippen molar-refractivity contribution in [1.29, 1.82) is 0 Å². The van der Waals surface area contributed by atoms with Crippen LogP contribution in [0.1, 0.15) is 33.6 Å². The highest BCUT2D eigenvalue weighted by Crippen LogP contribution is 2.36. The monoisotopic (exact) mass is 277 g/mol.